The van der Waals surface area contributed by atoms with E-state index >= 15 is 0 Å². The number of nitrogens with one attached hydrogen (secondary N) is 1. The number of hydrogen-bond acceptors (Lipinski definition) is 2. The zero-order valence-corrected chi connectivity index (χ0v) is 10.8. The van der Waals surface area contributed by atoms with Crippen molar-refractivity contribution in [3.8, 4) is 0 Å². The highest BCUT2D eigenvalue weighted by Crippen LogP contribution is 2.20. The monoisotopic (exact) mass is 222 g/mol. The molecule has 1 fully saturated rings. The van der Waals surface area contributed by atoms with Crippen molar-refractivity contribution in [1.82, 2.24) is 10.2 Å². The number of likely N-dealkylation sites (tertiary alicyclic amines) is 1. The molecule has 16 heavy (non-hydrogen) atoms. The lowest BCUT2D eigenvalue weighted by atomic mass is 9.90. The highest BCUT2D eigenvalue weighted by molar-refractivity contribution is 4.94. The molecular formula is C14H26N2. The van der Waals surface area contributed by atoms with Gasteiger partial charge in [-0.1, -0.05) is 12.2 Å². The molecule has 1 aliphatic carbocycles. The number of hydrogen-bond donors (Lipinski definition) is 1. The van der Waals surface area contributed by atoms with Crippen molar-refractivity contribution in [2.45, 2.75) is 51.1 Å². The summed E-state index contributed by atoms with van der Waals surface area (Å²) in [7, 11) is 2.25. The molecule has 0 spiro atoms. The summed E-state index contributed by atoms with van der Waals surface area (Å²) >= 11 is 0. The van der Waals surface area contributed by atoms with E-state index in [9.17, 15) is 0 Å². The van der Waals surface area contributed by atoms with Gasteiger partial charge >= 0.3 is 0 Å². The average molecular weight is 222 g/mol. The van der Waals surface area contributed by atoms with Gasteiger partial charge in [0.05, 0.1) is 0 Å². The summed E-state index contributed by atoms with van der Waals surface area (Å²) in [6.07, 6.45) is 11.2. The van der Waals surface area contributed by atoms with E-state index in [-0.39, 0.29) is 0 Å². The zero-order valence-electron chi connectivity index (χ0n) is 10.8. The first kappa shape index (κ1) is 12.1. The van der Waals surface area contributed by atoms with Gasteiger partial charge in [0.25, 0.3) is 0 Å². The Labute approximate surface area is 100 Å². The zero-order chi connectivity index (χ0) is 11.4. The molecule has 2 nitrogen and oxygen atoms in total. The van der Waals surface area contributed by atoms with Crippen molar-refractivity contribution < 1.29 is 0 Å². The first-order valence-corrected chi connectivity index (χ1v) is 6.85. The number of nitrogens with zero attached hydrogens (tertiary/aromatic N) is 1. The maximum Gasteiger partial charge on any atom is 0.0107 e. The number of allylic oxidation sites excluding steroid dienone is 1. The molecule has 92 valence electrons. The third-order valence-electron chi connectivity index (χ3n) is 4.14. The molecule has 0 aromatic carbocycles. The second kappa shape index (κ2) is 5.83. The topological polar surface area (TPSA) is 15.3 Å². The lowest BCUT2D eigenvalue weighted by Gasteiger charge is -2.36. The van der Waals surface area contributed by atoms with Crippen LogP contribution >= 0.6 is 0 Å². The Hall–Kier alpha value is -0.340. The minimum Gasteiger partial charge on any atom is -0.311 e. The van der Waals surface area contributed by atoms with Crippen LogP contribution in [-0.4, -0.2) is 37.1 Å². The minimum atomic E-state index is 0.680. The van der Waals surface area contributed by atoms with Gasteiger partial charge in [-0.15, -0.1) is 0 Å². The largest absolute Gasteiger partial charge is 0.311 e. The highest BCUT2D eigenvalue weighted by Gasteiger charge is 2.24. The smallest absolute Gasteiger partial charge is 0.0107 e. The van der Waals surface area contributed by atoms with E-state index in [2.05, 4.69) is 36.3 Å². The molecule has 0 radical (unpaired) electrons. The maximum atomic E-state index is 3.83. The van der Waals surface area contributed by atoms with Crippen molar-refractivity contribution in [2.24, 2.45) is 5.92 Å². The third-order valence-corrected chi connectivity index (χ3v) is 4.14. The summed E-state index contributed by atoms with van der Waals surface area (Å²) < 4.78 is 0. The van der Waals surface area contributed by atoms with E-state index in [1.165, 1.54) is 45.2 Å². The first-order valence-electron chi connectivity index (χ1n) is 6.85. The molecule has 1 N–H and O–H groups in total. The number of rotatable bonds is 3. The predicted octanol–water partition coefficient (Wildman–Crippen LogP) is 2.42. The van der Waals surface area contributed by atoms with E-state index in [1.54, 1.807) is 0 Å². The molecule has 2 aliphatic rings. The van der Waals surface area contributed by atoms with Crippen LogP contribution in [0.25, 0.3) is 0 Å². The van der Waals surface area contributed by atoms with Crippen LogP contribution in [0, 0.1) is 5.92 Å². The number of piperidine rings is 1. The van der Waals surface area contributed by atoms with Gasteiger partial charge in [-0.25, -0.2) is 0 Å². The lowest BCUT2D eigenvalue weighted by molar-refractivity contribution is 0.171. The van der Waals surface area contributed by atoms with E-state index in [0.29, 0.717) is 6.04 Å². The van der Waals surface area contributed by atoms with Gasteiger partial charge in [0.2, 0.25) is 0 Å². The average Bonchev–Trinajstić information content (AvgIpc) is 2.30. The van der Waals surface area contributed by atoms with E-state index in [1.807, 2.05) is 0 Å². The van der Waals surface area contributed by atoms with E-state index < -0.39 is 0 Å². The Balaban J connectivity index is 1.77. The summed E-state index contributed by atoms with van der Waals surface area (Å²) in [5.74, 6) is 0.852. The van der Waals surface area contributed by atoms with Gasteiger partial charge in [-0.05, 0) is 58.5 Å². The second-order valence-corrected chi connectivity index (χ2v) is 5.60. The van der Waals surface area contributed by atoms with E-state index in [4.69, 9.17) is 0 Å². The summed E-state index contributed by atoms with van der Waals surface area (Å²) in [5.41, 5.74) is 0. The minimum absolute atomic E-state index is 0.680. The van der Waals surface area contributed by atoms with Crippen molar-refractivity contribution in [3.63, 3.8) is 0 Å². The Morgan fingerprint density at radius 3 is 2.88 bits per heavy atom. The molecule has 0 saturated carbocycles. The Morgan fingerprint density at radius 1 is 1.31 bits per heavy atom. The van der Waals surface area contributed by atoms with Crippen molar-refractivity contribution in [3.05, 3.63) is 12.2 Å². The van der Waals surface area contributed by atoms with Gasteiger partial charge < -0.3 is 10.2 Å². The van der Waals surface area contributed by atoms with Crippen LogP contribution in [0.15, 0.2) is 12.2 Å². The maximum absolute atomic E-state index is 3.83. The SMILES string of the molecule is CC(NC1CC=CCC1)C1CCCN(C)C1. The molecule has 0 aromatic rings. The highest BCUT2D eigenvalue weighted by atomic mass is 15.1. The standard InChI is InChI=1S/C14H26N2/c1-12(13-7-6-10-16(2)11-13)15-14-8-4-3-5-9-14/h3-4,12-15H,5-11H2,1-2H3. The molecule has 1 heterocycles. The molecule has 2 heteroatoms. The summed E-state index contributed by atoms with van der Waals surface area (Å²) in [6.45, 7) is 4.94. The van der Waals surface area contributed by atoms with Crippen LogP contribution in [0.2, 0.25) is 0 Å². The fourth-order valence-corrected chi connectivity index (χ4v) is 3.07. The first-order chi connectivity index (χ1) is 7.75. The Bertz CT molecular complexity index is 237. The van der Waals surface area contributed by atoms with Gasteiger partial charge in [-0.2, -0.15) is 0 Å². The molecule has 3 unspecified atom stereocenters. The van der Waals surface area contributed by atoms with Crippen LogP contribution in [0.4, 0.5) is 0 Å². The summed E-state index contributed by atoms with van der Waals surface area (Å²) in [4.78, 5) is 2.48. The molecule has 3 atom stereocenters. The van der Waals surface area contributed by atoms with Crippen LogP contribution in [0.5, 0.6) is 0 Å². The molecular weight excluding hydrogens is 196 g/mol. The fourth-order valence-electron chi connectivity index (χ4n) is 3.07. The van der Waals surface area contributed by atoms with Crippen LogP contribution in [0.1, 0.15) is 39.0 Å². The van der Waals surface area contributed by atoms with Crippen molar-refractivity contribution in [2.75, 3.05) is 20.1 Å². The van der Waals surface area contributed by atoms with Gasteiger partial charge in [0.15, 0.2) is 0 Å². The Kier molecular flexibility index (Phi) is 4.42. The van der Waals surface area contributed by atoms with Gasteiger partial charge in [0, 0.05) is 18.6 Å². The molecule has 0 aromatic heterocycles. The molecule has 0 amide bonds. The summed E-state index contributed by atoms with van der Waals surface area (Å²) in [5, 5.41) is 3.83. The second-order valence-electron chi connectivity index (χ2n) is 5.60. The van der Waals surface area contributed by atoms with Crippen molar-refractivity contribution >= 4 is 0 Å². The van der Waals surface area contributed by atoms with Gasteiger partial charge in [0.1, 0.15) is 0 Å². The third kappa shape index (κ3) is 3.33. The van der Waals surface area contributed by atoms with Crippen LogP contribution in [-0.2, 0) is 0 Å². The molecule has 2 rings (SSSR count). The molecule has 1 saturated heterocycles. The van der Waals surface area contributed by atoms with Crippen LogP contribution < -0.4 is 5.32 Å². The molecule has 0 bridgehead atoms. The normalized spacial score (nSPS) is 33.9. The van der Waals surface area contributed by atoms with Crippen molar-refractivity contribution in [1.29, 1.82) is 0 Å². The fraction of sp³-hybridized carbons (Fsp3) is 0.857. The van der Waals surface area contributed by atoms with Crippen LogP contribution in [0.3, 0.4) is 0 Å². The molecule has 1 aliphatic heterocycles. The predicted molar refractivity (Wildman–Crippen MR) is 69.6 cm³/mol. The Morgan fingerprint density at radius 2 is 2.19 bits per heavy atom. The summed E-state index contributed by atoms with van der Waals surface area (Å²) in [6, 6.07) is 1.41. The van der Waals surface area contributed by atoms with Gasteiger partial charge in [-0.3, -0.25) is 0 Å². The lowest BCUT2D eigenvalue weighted by Crippen LogP contribution is -2.46. The quantitative estimate of drug-likeness (QED) is 0.738. The van der Waals surface area contributed by atoms with E-state index in [0.717, 1.165) is 12.0 Å².